The van der Waals surface area contributed by atoms with Gasteiger partial charge in [-0.1, -0.05) is 17.5 Å². The van der Waals surface area contributed by atoms with Gasteiger partial charge in [-0.15, -0.1) is 6.42 Å². The molecule has 2 aromatic heterocycles. The normalized spacial score (nSPS) is 12.7. The van der Waals surface area contributed by atoms with E-state index in [0.29, 0.717) is 32.9 Å². The van der Waals surface area contributed by atoms with Crippen molar-refractivity contribution in [3.8, 4) is 12.3 Å². The predicted octanol–water partition coefficient (Wildman–Crippen LogP) is 4.92. The highest BCUT2D eigenvalue weighted by atomic mass is 127. The van der Waals surface area contributed by atoms with Crippen molar-refractivity contribution in [3.05, 3.63) is 25.0 Å². The van der Waals surface area contributed by atoms with Gasteiger partial charge in [0.05, 0.1) is 8.04 Å². The Morgan fingerprint density at radius 3 is 2.88 bits per heavy atom. The van der Waals surface area contributed by atoms with Crippen molar-refractivity contribution in [1.82, 2.24) is 10.3 Å². The van der Waals surface area contributed by atoms with Crippen molar-refractivity contribution >= 4 is 67.3 Å². The first-order chi connectivity index (χ1) is 11.1. The summed E-state index contributed by atoms with van der Waals surface area (Å²) in [5.74, 6) is 3.10. The number of aromatic nitrogens is 1. The summed E-state index contributed by atoms with van der Waals surface area (Å²) in [6.07, 6.45) is 5.23. The van der Waals surface area contributed by atoms with Crippen LogP contribution in [0.1, 0.15) is 26.5 Å². The number of hydrogen-bond acceptors (Lipinski definition) is 4. The zero-order valence-corrected chi connectivity index (χ0v) is 17.7. The van der Waals surface area contributed by atoms with Gasteiger partial charge < -0.3 is 14.5 Å². The molecule has 0 aliphatic carbocycles. The van der Waals surface area contributed by atoms with Crippen molar-refractivity contribution in [1.29, 1.82) is 0 Å². The van der Waals surface area contributed by atoms with Gasteiger partial charge in [-0.3, -0.25) is 0 Å². The van der Waals surface area contributed by atoms with Crippen molar-refractivity contribution < 1.29 is 13.9 Å². The number of halogens is 3. The standard InChI is InChI=1S/C16H15BrClIN2O3/c1-5-8(20-15(22)24-16(2,3)4)6-10-12(17)13-14(23-10)9(19)7-11(18)21-13/h1,7-8H,6H2,2-4H3,(H,20,22). The molecular formula is C16H15BrClIN2O3. The third kappa shape index (κ3) is 4.77. The van der Waals surface area contributed by atoms with Crippen molar-refractivity contribution in [2.75, 3.05) is 0 Å². The average Bonchev–Trinajstić information content (AvgIpc) is 2.74. The van der Waals surface area contributed by atoms with Gasteiger partial charge in [-0.05, 0) is 65.4 Å². The van der Waals surface area contributed by atoms with E-state index in [1.807, 2.05) is 0 Å². The second-order valence-electron chi connectivity index (χ2n) is 6.01. The highest BCUT2D eigenvalue weighted by Crippen LogP contribution is 2.34. The molecule has 0 aliphatic rings. The highest BCUT2D eigenvalue weighted by Gasteiger charge is 2.22. The van der Waals surface area contributed by atoms with Crippen LogP contribution >= 0.6 is 50.1 Å². The Hall–Kier alpha value is -0.980. The molecular weight excluding hydrogens is 510 g/mol. The number of carbonyl (C=O) groups is 1. The Morgan fingerprint density at radius 1 is 1.62 bits per heavy atom. The Kier molecular flexibility index (Phi) is 6.04. The van der Waals surface area contributed by atoms with E-state index >= 15 is 0 Å². The number of furan rings is 1. The minimum absolute atomic E-state index is 0.292. The zero-order valence-electron chi connectivity index (χ0n) is 13.2. The van der Waals surface area contributed by atoms with Gasteiger partial charge in [0, 0.05) is 6.42 Å². The Morgan fingerprint density at radius 2 is 2.29 bits per heavy atom. The molecule has 0 saturated carbocycles. The third-order valence-electron chi connectivity index (χ3n) is 2.86. The zero-order chi connectivity index (χ0) is 18.1. The number of ether oxygens (including phenoxy) is 1. The number of hydrogen-bond donors (Lipinski definition) is 1. The van der Waals surface area contributed by atoms with E-state index in [-0.39, 0.29) is 0 Å². The molecule has 8 heteroatoms. The SMILES string of the molecule is C#CC(Cc1oc2c(I)cc(Cl)nc2c1Br)NC(=O)OC(C)(C)C. The van der Waals surface area contributed by atoms with Gasteiger partial charge in [0.2, 0.25) is 0 Å². The summed E-state index contributed by atoms with van der Waals surface area (Å²) in [5, 5.41) is 3.02. The lowest BCUT2D eigenvalue weighted by Crippen LogP contribution is -2.39. The summed E-state index contributed by atoms with van der Waals surface area (Å²) >= 11 is 11.6. The van der Waals surface area contributed by atoms with Crippen LogP contribution in [0.4, 0.5) is 4.79 Å². The number of rotatable bonds is 3. The number of amides is 1. The minimum atomic E-state index is -0.597. The number of alkyl carbamates (subject to hydrolysis) is 1. The number of carbonyl (C=O) groups excluding carboxylic acids is 1. The Bertz CT molecular complexity index is 823. The average molecular weight is 526 g/mol. The fraction of sp³-hybridized carbons (Fsp3) is 0.375. The van der Waals surface area contributed by atoms with Gasteiger partial charge >= 0.3 is 6.09 Å². The number of nitrogens with one attached hydrogen (secondary N) is 1. The Labute approximate surface area is 167 Å². The molecule has 1 N–H and O–H groups in total. The van der Waals surface area contributed by atoms with Crippen LogP contribution in [-0.2, 0) is 11.2 Å². The maximum atomic E-state index is 11.9. The van der Waals surface area contributed by atoms with Crippen molar-refractivity contribution in [2.24, 2.45) is 0 Å². The Balaban J connectivity index is 2.21. The van der Waals surface area contributed by atoms with Gasteiger partial charge in [0.25, 0.3) is 0 Å². The summed E-state index contributed by atoms with van der Waals surface area (Å²) in [7, 11) is 0. The van der Waals surface area contributed by atoms with Crippen LogP contribution in [0.2, 0.25) is 5.15 Å². The highest BCUT2D eigenvalue weighted by molar-refractivity contribution is 14.1. The van der Waals surface area contributed by atoms with E-state index < -0.39 is 17.7 Å². The van der Waals surface area contributed by atoms with E-state index in [2.05, 4.69) is 54.7 Å². The molecule has 0 fully saturated rings. The number of nitrogens with zero attached hydrogens (tertiary/aromatic N) is 1. The number of fused-ring (bicyclic) bond motifs is 1. The van der Waals surface area contributed by atoms with E-state index in [1.165, 1.54) is 0 Å². The number of terminal acetylenes is 1. The summed E-state index contributed by atoms with van der Waals surface area (Å²) in [6, 6.07) is 1.13. The molecule has 0 spiro atoms. The molecule has 2 aromatic rings. The predicted molar refractivity (Wildman–Crippen MR) is 105 cm³/mol. The molecule has 0 saturated heterocycles. The molecule has 1 unspecified atom stereocenters. The van der Waals surface area contributed by atoms with Crippen LogP contribution < -0.4 is 5.32 Å². The van der Waals surface area contributed by atoms with Crippen LogP contribution in [0.3, 0.4) is 0 Å². The monoisotopic (exact) mass is 524 g/mol. The smallest absolute Gasteiger partial charge is 0.408 e. The van der Waals surface area contributed by atoms with E-state index in [9.17, 15) is 4.79 Å². The number of pyridine rings is 1. The van der Waals surface area contributed by atoms with Gasteiger partial charge in [-0.2, -0.15) is 0 Å². The minimum Gasteiger partial charge on any atom is -0.457 e. The summed E-state index contributed by atoms with van der Waals surface area (Å²) in [6.45, 7) is 5.35. The van der Waals surface area contributed by atoms with Gasteiger partial charge in [0.1, 0.15) is 28.1 Å². The first-order valence-corrected chi connectivity index (χ1v) is 9.24. The second-order valence-corrected chi connectivity index (χ2v) is 8.36. The third-order valence-corrected chi connectivity index (χ3v) is 4.67. The molecule has 5 nitrogen and oxygen atoms in total. The van der Waals surface area contributed by atoms with Crippen LogP contribution in [0.25, 0.3) is 11.1 Å². The van der Waals surface area contributed by atoms with Crippen LogP contribution in [0.5, 0.6) is 0 Å². The summed E-state index contributed by atoms with van der Waals surface area (Å²) < 4.78 is 12.6. The summed E-state index contributed by atoms with van der Waals surface area (Å²) in [5.41, 5.74) is 0.643. The second kappa shape index (κ2) is 7.50. The van der Waals surface area contributed by atoms with Gasteiger partial charge in [-0.25, -0.2) is 9.78 Å². The molecule has 2 rings (SSSR count). The molecule has 24 heavy (non-hydrogen) atoms. The first-order valence-electron chi connectivity index (χ1n) is 6.99. The lowest BCUT2D eigenvalue weighted by Gasteiger charge is -2.21. The maximum Gasteiger partial charge on any atom is 0.408 e. The lowest BCUT2D eigenvalue weighted by molar-refractivity contribution is 0.0515. The van der Waals surface area contributed by atoms with Gasteiger partial charge in [0.15, 0.2) is 5.58 Å². The molecule has 0 bridgehead atoms. The van der Waals surface area contributed by atoms with Crippen molar-refractivity contribution in [2.45, 2.75) is 38.8 Å². The molecule has 0 aliphatic heterocycles. The molecule has 1 atom stereocenters. The maximum absolute atomic E-state index is 11.9. The molecule has 0 radical (unpaired) electrons. The fourth-order valence-electron chi connectivity index (χ4n) is 1.94. The van der Waals surface area contributed by atoms with E-state index in [0.717, 1.165) is 3.57 Å². The van der Waals surface area contributed by atoms with Crippen LogP contribution in [0, 0.1) is 15.9 Å². The molecule has 2 heterocycles. The van der Waals surface area contributed by atoms with Crippen molar-refractivity contribution in [3.63, 3.8) is 0 Å². The van der Waals surface area contributed by atoms with Crippen LogP contribution in [0.15, 0.2) is 15.0 Å². The largest absolute Gasteiger partial charge is 0.457 e. The quantitative estimate of drug-likeness (QED) is 0.351. The van der Waals surface area contributed by atoms with Crippen LogP contribution in [-0.4, -0.2) is 22.7 Å². The summed E-state index contributed by atoms with van der Waals surface area (Å²) in [4.78, 5) is 16.1. The lowest BCUT2D eigenvalue weighted by atomic mass is 10.2. The fourth-order valence-corrected chi connectivity index (χ4v) is 3.49. The van der Waals surface area contributed by atoms with E-state index in [4.69, 9.17) is 27.2 Å². The topological polar surface area (TPSA) is 64.4 Å². The molecule has 128 valence electrons. The van der Waals surface area contributed by atoms with E-state index in [1.54, 1.807) is 26.8 Å². The first kappa shape index (κ1) is 19.3. The molecule has 1 amide bonds. The molecule has 0 aromatic carbocycles.